The predicted octanol–water partition coefficient (Wildman–Crippen LogP) is 3.74. The van der Waals surface area contributed by atoms with Crippen LogP contribution >= 0.6 is 0 Å². The van der Waals surface area contributed by atoms with E-state index in [2.05, 4.69) is 64.0 Å². The van der Waals surface area contributed by atoms with Gasteiger partial charge in [-0.2, -0.15) is 0 Å². The van der Waals surface area contributed by atoms with Gasteiger partial charge in [0.25, 0.3) is 5.91 Å². The first-order valence-electron chi connectivity index (χ1n) is 9.89. The van der Waals surface area contributed by atoms with Gasteiger partial charge in [0.15, 0.2) is 0 Å². The predicted molar refractivity (Wildman–Crippen MR) is 108 cm³/mol. The van der Waals surface area contributed by atoms with Gasteiger partial charge in [0, 0.05) is 29.9 Å². The van der Waals surface area contributed by atoms with Gasteiger partial charge in [-0.25, -0.2) is 0 Å². The normalized spacial score (nSPS) is 24.3. The van der Waals surface area contributed by atoms with Gasteiger partial charge in [0.1, 0.15) is 0 Å². The molecule has 1 N–H and O–H groups in total. The number of nitrogens with one attached hydrogen (secondary N) is 1. The van der Waals surface area contributed by atoms with Crippen molar-refractivity contribution in [3.05, 3.63) is 65.9 Å². The Labute approximate surface area is 159 Å². The van der Waals surface area contributed by atoms with Crippen LogP contribution in [0.15, 0.2) is 54.7 Å². The van der Waals surface area contributed by atoms with E-state index in [4.69, 9.17) is 0 Å². The SMILES string of the molecule is Cc1ccccc1-c1cccc2cc(C(=O)NC3CN4CCC3CC4)cn12. The van der Waals surface area contributed by atoms with Crippen molar-refractivity contribution >= 4 is 11.4 Å². The van der Waals surface area contributed by atoms with E-state index in [0.29, 0.717) is 12.0 Å². The molecule has 3 aliphatic rings. The summed E-state index contributed by atoms with van der Waals surface area (Å²) in [6, 6.07) is 16.9. The summed E-state index contributed by atoms with van der Waals surface area (Å²) in [4.78, 5) is 15.4. The average Bonchev–Trinajstić information content (AvgIpc) is 3.14. The van der Waals surface area contributed by atoms with Crippen LogP contribution < -0.4 is 5.32 Å². The highest BCUT2D eigenvalue weighted by molar-refractivity contribution is 5.96. The number of fused-ring (bicyclic) bond motifs is 4. The minimum absolute atomic E-state index is 0.0492. The Morgan fingerprint density at radius 2 is 1.89 bits per heavy atom. The van der Waals surface area contributed by atoms with Gasteiger partial charge in [-0.3, -0.25) is 4.79 Å². The molecule has 1 amide bonds. The van der Waals surface area contributed by atoms with Crippen LogP contribution in [0, 0.1) is 12.8 Å². The molecule has 3 aliphatic heterocycles. The summed E-state index contributed by atoms with van der Waals surface area (Å²) in [5, 5.41) is 3.30. The molecular weight excluding hydrogens is 334 g/mol. The highest BCUT2D eigenvalue weighted by atomic mass is 16.1. The summed E-state index contributed by atoms with van der Waals surface area (Å²) >= 11 is 0. The van der Waals surface area contributed by atoms with E-state index in [0.717, 1.165) is 23.3 Å². The Morgan fingerprint density at radius 1 is 1.07 bits per heavy atom. The lowest BCUT2D eigenvalue weighted by Crippen LogP contribution is -2.57. The molecule has 5 heterocycles. The van der Waals surface area contributed by atoms with E-state index >= 15 is 0 Å². The summed E-state index contributed by atoms with van der Waals surface area (Å²) in [6.45, 7) is 5.50. The second-order valence-electron chi connectivity index (χ2n) is 7.97. The van der Waals surface area contributed by atoms with Crippen molar-refractivity contribution in [2.24, 2.45) is 5.92 Å². The minimum atomic E-state index is 0.0492. The Balaban J connectivity index is 1.46. The van der Waals surface area contributed by atoms with Gasteiger partial charge in [-0.05, 0) is 62.5 Å². The molecule has 3 saturated heterocycles. The van der Waals surface area contributed by atoms with Crippen molar-refractivity contribution in [2.45, 2.75) is 25.8 Å². The topological polar surface area (TPSA) is 36.8 Å². The van der Waals surface area contributed by atoms with E-state index in [-0.39, 0.29) is 5.91 Å². The number of amides is 1. The third-order valence-electron chi connectivity index (χ3n) is 6.29. The number of nitrogens with zero attached hydrogens (tertiary/aromatic N) is 2. The van der Waals surface area contributed by atoms with Gasteiger partial charge >= 0.3 is 0 Å². The second kappa shape index (κ2) is 6.54. The van der Waals surface area contributed by atoms with E-state index in [1.807, 2.05) is 12.3 Å². The lowest BCUT2D eigenvalue weighted by Gasteiger charge is -2.44. The number of aromatic nitrogens is 1. The zero-order valence-electron chi connectivity index (χ0n) is 15.7. The zero-order valence-corrected chi connectivity index (χ0v) is 15.7. The first-order chi connectivity index (χ1) is 13.2. The molecule has 0 saturated carbocycles. The van der Waals surface area contributed by atoms with Crippen LogP contribution in [0.2, 0.25) is 0 Å². The minimum Gasteiger partial charge on any atom is -0.348 e. The molecule has 0 aliphatic carbocycles. The number of pyridine rings is 1. The van der Waals surface area contributed by atoms with E-state index in [1.54, 1.807) is 0 Å². The van der Waals surface area contributed by atoms with Gasteiger partial charge < -0.3 is 14.6 Å². The largest absolute Gasteiger partial charge is 0.348 e. The first-order valence-corrected chi connectivity index (χ1v) is 9.89. The Bertz CT molecular complexity index is 998. The molecule has 4 nitrogen and oxygen atoms in total. The lowest BCUT2D eigenvalue weighted by atomic mass is 9.84. The smallest absolute Gasteiger partial charge is 0.253 e. The molecule has 1 aromatic carbocycles. The van der Waals surface area contributed by atoms with Crippen molar-refractivity contribution in [3.63, 3.8) is 0 Å². The average molecular weight is 359 g/mol. The molecular formula is C23H25N3O. The Hall–Kier alpha value is -2.59. The van der Waals surface area contributed by atoms with Crippen LogP contribution in [0.1, 0.15) is 28.8 Å². The molecule has 4 heteroatoms. The second-order valence-corrected chi connectivity index (χ2v) is 7.97. The number of carbonyl (C=O) groups excluding carboxylic acids is 1. The van der Waals surface area contributed by atoms with Crippen molar-refractivity contribution in [1.29, 1.82) is 0 Å². The molecule has 3 aromatic rings. The zero-order chi connectivity index (χ0) is 18.4. The number of piperidine rings is 3. The van der Waals surface area contributed by atoms with Gasteiger partial charge in [0.2, 0.25) is 0 Å². The van der Waals surface area contributed by atoms with Gasteiger partial charge in [-0.1, -0.05) is 30.3 Å². The fourth-order valence-corrected chi connectivity index (χ4v) is 4.72. The van der Waals surface area contributed by atoms with Crippen LogP contribution in [0.4, 0.5) is 0 Å². The van der Waals surface area contributed by atoms with Gasteiger partial charge in [0.05, 0.1) is 11.3 Å². The van der Waals surface area contributed by atoms with Crippen LogP contribution in [0.25, 0.3) is 16.8 Å². The van der Waals surface area contributed by atoms with Crippen LogP contribution in [-0.2, 0) is 0 Å². The molecule has 1 unspecified atom stereocenters. The Morgan fingerprint density at radius 3 is 2.63 bits per heavy atom. The number of benzene rings is 1. The third-order valence-corrected chi connectivity index (χ3v) is 6.29. The maximum Gasteiger partial charge on any atom is 0.253 e. The van der Waals surface area contributed by atoms with Crippen LogP contribution in [0.3, 0.4) is 0 Å². The fourth-order valence-electron chi connectivity index (χ4n) is 4.72. The van der Waals surface area contributed by atoms with Crippen molar-refractivity contribution in [3.8, 4) is 11.3 Å². The van der Waals surface area contributed by atoms with E-state index in [1.165, 1.54) is 37.1 Å². The number of aryl methyl sites for hydroxylation is 1. The quantitative estimate of drug-likeness (QED) is 0.773. The van der Waals surface area contributed by atoms with E-state index in [9.17, 15) is 4.79 Å². The molecule has 6 rings (SSSR count). The molecule has 1 atom stereocenters. The number of carbonyl (C=O) groups is 1. The van der Waals surface area contributed by atoms with Crippen molar-refractivity contribution in [1.82, 2.24) is 14.6 Å². The number of rotatable bonds is 3. The summed E-state index contributed by atoms with van der Waals surface area (Å²) in [6.07, 6.45) is 4.40. The number of hydrogen-bond acceptors (Lipinski definition) is 2. The highest BCUT2D eigenvalue weighted by Gasteiger charge is 2.35. The maximum atomic E-state index is 12.9. The number of hydrogen-bond donors (Lipinski definition) is 1. The highest BCUT2D eigenvalue weighted by Crippen LogP contribution is 2.28. The molecule has 2 bridgehead atoms. The van der Waals surface area contributed by atoms with Crippen molar-refractivity contribution < 1.29 is 4.79 Å². The molecule has 3 fully saturated rings. The maximum absolute atomic E-state index is 12.9. The van der Waals surface area contributed by atoms with Gasteiger partial charge in [-0.15, -0.1) is 0 Å². The first kappa shape index (κ1) is 16.6. The van der Waals surface area contributed by atoms with E-state index < -0.39 is 0 Å². The molecule has 2 aromatic heterocycles. The molecule has 0 radical (unpaired) electrons. The monoisotopic (exact) mass is 359 g/mol. The lowest BCUT2D eigenvalue weighted by molar-refractivity contribution is 0.0620. The summed E-state index contributed by atoms with van der Waals surface area (Å²) < 4.78 is 2.13. The standard InChI is InChI=1S/C23H25N3O/c1-16-5-2-3-7-20(16)22-8-4-6-19-13-18(14-26(19)22)23(27)24-21-15-25-11-9-17(21)10-12-25/h2-8,13-14,17,21H,9-12,15H2,1H3,(H,24,27). The molecule has 0 spiro atoms. The van der Waals surface area contributed by atoms with Crippen LogP contribution in [-0.4, -0.2) is 40.9 Å². The summed E-state index contributed by atoms with van der Waals surface area (Å²) in [7, 11) is 0. The summed E-state index contributed by atoms with van der Waals surface area (Å²) in [5.74, 6) is 0.687. The fraction of sp³-hybridized carbons (Fsp3) is 0.348. The molecule has 138 valence electrons. The van der Waals surface area contributed by atoms with Crippen LogP contribution in [0.5, 0.6) is 0 Å². The molecule has 27 heavy (non-hydrogen) atoms. The van der Waals surface area contributed by atoms with Crippen molar-refractivity contribution in [2.75, 3.05) is 19.6 Å². The summed E-state index contributed by atoms with van der Waals surface area (Å²) in [5.41, 5.74) is 5.34. The Kier molecular flexibility index (Phi) is 4.01. The third kappa shape index (κ3) is 2.94.